The molecule has 96 heavy (non-hydrogen) atoms. The number of aliphatic carboxylic acids is 1. The summed E-state index contributed by atoms with van der Waals surface area (Å²) in [6.07, 6.45) is 3.13. The molecule has 530 valence electrons. The van der Waals surface area contributed by atoms with Crippen LogP contribution in [-0.4, -0.2) is 247 Å². The van der Waals surface area contributed by atoms with E-state index in [1.54, 1.807) is 12.1 Å². The first-order valence-electron chi connectivity index (χ1n) is 32.2. The van der Waals surface area contributed by atoms with E-state index in [2.05, 4.69) is 52.4 Å². The maximum absolute atomic E-state index is 12.8. The number of hydrogen-bond acceptors (Lipinski definition) is 27. The summed E-state index contributed by atoms with van der Waals surface area (Å²) in [5, 5.41) is 18.9. The van der Waals surface area contributed by atoms with Crippen LogP contribution in [0.4, 0.5) is 22.2 Å². The monoisotopic (exact) mass is 1350 g/mol. The lowest BCUT2D eigenvalue weighted by molar-refractivity contribution is -0.139. The summed E-state index contributed by atoms with van der Waals surface area (Å²) in [5.74, 6) is -1.11. The number of nitrogen functional groups attached to an aromatic ring is 2. The zero-order chi connectivity index (χ0) is 68.4. The van der Waals surface area contributed by atoms with Crippen molar-refractivity contribution in [3.05, 3.63) is 82.2 Å². The van der Waals surface area contributed by atoms with E-state index in [1.165, 1.54) is 18.3 Å². The van der Waals surface area contributed by atoms with Gasteiger partial charge in [0.15, 0.2) is 17.0 Å². The molecule has 2 aromatic carbocycles. The average molecular weight is 1350 g/mol. The van der Waals surface area contributed by atoms with Crippen LogP contribution in [-0.2, 0) is 95.4 Å². The number of benzene rings is 2. The third kappa shape index (κ3) is 29.6. The minimum atomic E-state index is -1.29. The lowest BCUT2D eigenvalue weighted by Gasteiger charge is -2.26. The van der Waals surface area contributed by atoms with Gasteiger partial charge in [-0.15, -0.1) is 0 Å². The Morgan fingerprint density at radius 2 is 1.15 bits per heavy atom. The molecule has 0 aliphatic carbocycles. The standard InChI is InChI=1S/C64H94N12O20/c1-4-5-10-52-73-54-56(49-8-6-7-9-50(49)71-57(54)65)76(52)45-64(2,3)96-63(82)95-42-41-94-40-39-93-38-37-92-36-35-91-34-33-90-32-31-89-30-29-88-28-27-87-26-25-86-24-23-85-22-21-84-20-19-83-18-17-67-53(77)16-15-51(61(80)81)72-59(78)46-11-13-47(14-12-46)68-43-48-44-69-58-55(70-48)60(79)75-62(66)74-58/h6-9,11-14,44,51,68H,4-5,10,15-43,45H2,1-3H3,(H2,65,71)(H,67,77)(H,72,78)(H,80,81)(H3,66,69,74,75,79). The zero-order valence-electron chi connectivity index (χ0n) is 55.1. The molecule has 1 atom stereocenters. The van der Waals surface area contributed by atoms with Crippen LogP contribution in [0.1, 0.15) is 68.3 Å². The molecule has 4 aromatic heterocycles. The van der Waals surface area contributed by atoms with E-state index >= 15 is 0 Å². The van der Waals surface area contributed by atoms with Crippen LogP contribution in [0.2, 0.25) is 0 Å². The van der Waals surface area contributed by atoms with Gasteiger partial charge in [-0.3, -0.25) is 19.4 Å². The van der Waals surface area contributed by atoms with Crippen molar-refractivity contribution in [2.75, 3.05) is 189 Å². The van der Waals surface area contributed by atoms with Crippen molar-refractivity contribution in [2.24, 2.45) is 0 Å². The van der Waals surface area contributed by atoms with Crippen molar-refractivity contribution in [1.29, 1.82) is 0 Å². The summed E-state index contributed by atoms with van der Waals surface area (Å²) in [5.41, 5.74) is 14.2. The quantitative estimate of drug-likeness (QED) is 0.0212. The van der Waals surface area contributed by atoms with Crippen LogP contribution >= 0.6 is 0 Å². The van der Waals surface area contributed by atoms with Crippen LogP contribution in [0.15, 0.2) is 59.5 Å². The number of carboxylic acid groups (broad SMARTS) is 1. The van der Waals surface area contributed by atoms with Crippen LogP contribution in [0.25, 0.3) is 33.1 Å². The van der Waals surface area contributed by atoms with Gasteiger partial charge < -0.3 is 103 Å². The molecule has 0 radical (unpaired) electrons. The van der Waals surface area contributed by atoms with Gasteiger partial charge in [-0.1, -0.05) is 31.5 Å². The van der Waals surface area contributed by atoms with Crippen molar-refractivity contribution in [2.45, 2.75) is 77.6 Å². The van der Waals surface area contributed by atoms with Gasteiger partial charge in [-0.25, -0.2) is 29.5 Å². The van der Waals surface area contributed by atoms with E-state index in [1.807, 2.05) is 38.1 Å². The Kier molecular flexibility index (Phi) is 36.0. The third-order valence-electron chi connectivity index (χ3n) is 13.8. The summed E-state index contributed by atoms with van der Waals surface area (Å²) in [4.78, 5) is 86.0. The predicted molar refractivity (Wildman–Crippen MR) is 352 cm³/mol. The van der Waals surface area contributed by atoms with E-state index in [9.17, 15) is 29.1 Å². The highest BCUT2D eigenvalue weighted by atomic mass is 16.7. The number of aromatic nitrogens is 7. The molecule has 0 aliphatic rings. The molecule has 0 saturated heterocycles. The zero-order valence-corrected chi connectivity index (χ0v) is 55.1. The Morgan fingerprint density at radius 1 is 0.635 bits per heavy atom. The molecule has 0 spiro atoms. The largest absolute Gasteiger partial charge is 0.508 e. The van der Waals surface area contributed by atoms with Gasteiger partial charge in [-0.05, 0) is 57.0 Å². The van der Waals surface area contributed by atoms with Gasteiger partial charge in [0, 0.05) is 36.0 Å². The predicted octanol–water partition coefficient (Wildman–Crippen LogP) is 3.64. The number of unbranched alkanes of at least 4 members (excludes halogenated alkanes) is 1. The highest BCUT2D eigenvalue weighted by Crippen LogP contribution is 2.31. The number of para-hydroxylation sites is 1. The van der Waals surface area contributed by atoms with Gasteiger partial charge >= 0.3 is 12.1 Å². The summed E-state index contributed by atoms with van der Waals surface area (Å²) < 4.78 is 79.5. The highest BCUT2D eigenvalue weighted by Gasteiger charge is 2.29. The Hall–Kier alpha value is -7.86. The van der Waals surface area contributed by atoms with Crippen molar-refractivity contribution in [1.82, 2.24) is 45.1 Å². The van der Waals surface area contributed by atoms with Crippen LogP contribution < -0.4 is 33.0 Å². The number of carbonyl (C=O) groups excluding carboxylic acids is 3. The van der Waals surface area contributed by atoms with Crippen molar-refractivity contribution < 1.29 is 90.6 Å². The summed E-state index contributed by atoms with van der Waals surface area (Å²) in [7, 11) is 0. The molecule has 4 heterocycles. The highest BCUT2D eigenvalue weighted by molar-refractivity contribution is 6.06. The average Bonchev–Trinajstić information content (AvgIpc) is 1.61. The number of nitrogens with zero attached hydrogens (tertiary/aromatic N) is 6. The van der Waals surface area contributed by atoms with Gasteiger partial charge in [-0.2, -0.15) is 4.98 Å². The number of amides is 2. The molecular formula is C64H94N12O20. The smallest absolute Gasteiger partial charge is 0.480 e. The fourth-order valence-electron chi connectivity index (χ4n) is 9.09. The molecule has 6 rings (SSSR count). The molecular weight excluding hydrogens is 1260 g/mol. The number of ether oxygens (including phenoxy) is 14. The molecule has 6 aromatic rings. The second-order valence-electron chi connectivity index (χ2n) is 21.9. The minimum Gasteiger partial charge on any atom is -0.480 e. The normalized spacial score (nSPS) is 12.0. The molecule has 0 aliphatic heterocycles. The van der Waals surface area contributed by atoms with Gasteiger partial charge in [0.2, 0.25) is 11.9 Å². The molecule has 0 fully saturated rings. The number of nitrogens with one attached hydrogen (secondary N) is 4. The number of anilines is 3. The first-order chi connectivity index (χ1) is 46.7. The molecule has 1 unspecified atom stereocenters. The number of carboxylic acids is 1. The van der Waals surface area contributed by atoms with Crippen LogP contribution in [0, 0.1) is 0 Å². The first-order valence-corrected chi connectivity index (χ1v) is 32.2. The maximum Gasteiger partial charge on any atom is 0.508 e. The van der Waals surface area contributed by atoms with Crippen molar-refractivity contribution >= 4 is 74.5 Å². The number of aryl methyl sites for hydroxylation is 1. The SMILES string of the molecule is CCCCc1nc2c(N)nc3ccccc3c2n1CC(C)(C)OC(=O)OCCOCCOCCOCCOCCOCCOCCOCCOCCOCCOCCOCCOCCNC(=O)CCC(NC(=O)c1ccc(NCc2cnc3nc(N)[nH]c(=O)c3n2)cc1)C(=O)O. The minimum absolute atomic E-state index is 0.0341. The Bertz CT molecular complexity index is 3310. The molecule has 0 bridgehead atoms. The molecule has 32 heteroatoms. The topological polar surface area (TPSA) is 408 Å². The maximum atomic E-state index is 12.8. The molecule has 2 amide bonds. The molecule has 9 N–H and O–H groups in total. The number of nitrogens with two attached hydrogens (primary N) is 2. The van der Waals surface area contributed by atoms with E-state index in [-0.39, 0.29) is 74.3 Å². The number of pyridine rings is 1. The van der Waals surface area contributed by atoms with Crippen LogP contribution in [0.3, 0.4) is 0 Å². The number of imidazole rings is 1. The fraction of sp³-hybridized carbons (Fsp3) is 0.594. The second kappa shape index (κ2) is 44.8. The van der Waals surface area contributed by atoms with E-state index in [0.717, 1.165) is 41.5 Å². The van der Waals surface area contributed by atoms with Gasteiger partial charge in [0.1, 0.15) is 29.6 Å². The fourth-order valence-corrected chi connectivity index (χ4v) is 9.09. The number of hydrogen-bond donors (Lipinski definition) is 7. The summed E-state index contributed by atoms with van der Waals surface area (Å²) >= 11 is 0. The number of aromatic amines is 1. The van der Waals surface area contributed by atoms with Crippen LogP contribution in [0.5, 0.6) is 0 Å². The van der Waals surface area contributed by atoms with Gasteiger partial charge in [0.25, 0.3) is 11.5 Å². The summed E-state index contributed by atoms with van der Waals surface area (Å²) in [6, 6.07) is 12.8. The van der Waals surface area contributed by atoms with E-state index < -0.39 is 35.2 Å². The van der Waals surface area contributed by atoms with Gasteiger partial charge in [0.05, 0.1) is 195 Å². The Balaban J connectivity index is 0.609. The lowest BCUT2D eigenvalue weighted by atomic mass is 10.1. The Morgan fingerprint density at radius 3 is 1.67 bits per heavy atom. The third-order valence-corrected chi connectivity index (χ3v) is 13.8. The van der Waals surface area contributed by atoms with Crippen molar-refractivity contribution in [3.8, 4) is 0 Å². The first kappa shape index (κ1) is 77.1. The van der Waals surface area contributed by atoms with E-state index in [0.29, 0.717) is 175 Å². The molecule has 0 saturated carbocycles. The lowest BCUT2D eigenvalue weighted by Crippen LogP contribution is -2.41. The second-order valence-corrected chi connectivity index (χ2v) is 21.9. The van der Waals surface area contributed by atoms with E-state index in [4.69, 9.17) is 82.8 Å². The summed E-state index contributed by atoms with van der Waals surface area (Å²) in [6.45, 7) is 16.0. The van der Waals surface area contributed by atoms with Crippen molar-refractivity contribution in [3.63, 3.8) is 0 Å². The number of rotatable bonds is 54. The number of H-pyrrole nitrogens is 1. The number of carbonyl (C=O) groups is 4. The molecule has 32 nitrogen and oxygen atoms in total. The number of fused-ring (bicyclic) bond motifs is 4. The Labute approximate surface area is 556 Å².